The summed E-state index contributed by atoms with van der Waals surface area (Å²) in [6.45, 7) is 1.53. The number of fused-ring (bicyclic) bond motifs is 1. The van der Waals surface area contributed by atoms with Crippen LogP contribution in [0.1, 0.15) is 12.5 Å². The van der Waals surface area contributed by atoms with Crippen LogP contribution < -0.4 is 5.73 Å². The Kier molecular flexibility index (Phi) is 3.09. The lowest BCUT2D eigenvalue weighted by molar-refractivity contribution is -0.143. The molecule has 0 aromatic heterocycles. The molecule has 0 aliphatic heterocycles. The molecule has 4 heteroatoms. The third-order valence-electron chi connectivity index (χ3n) is 2.84. The molecule has 0 radical (unpaired) electrons. The highest BCUT2D eigenvalue weighted by Crippen LogP contribution is 2.31. The van der Waals surface area contributed by atoms with E-state index in [2.05, 4.69) is 22.6 Å². The number of carbonyl (C=O) groups is 1. The second kappa shape index (κ2) is 4.27. The highest BCUT2D eigenvalue weighted by atomic mass is 127. The first kappa shape index (κ1) is 12.3. The minimum atomic E-state index is -1.38. The van der Waals surface area contributed by atoms with Gasteiger partial charge in [0.25, 0.3) is 0 Å². The summed E-state index contributed by atoms with van der Waals surface area (Å²) in [6.07, 6.45) is 0. The Labute approximate surface area is 113 Å². The number of carboxylic acid groups (broad SMARTS) is 1. The van der Waals surface area contributed by atoms with Gasteiger partial charge in [-0.1, -0.05) is 30.3 Å². The average molecular weight is 341 g/mol. The van der Waals surface area contributed by atoms with Crippen LogP contribution in [0.3, 0.4) is 0 Å². The van der Waals surface area contributed by atoms with Gasteiger partial charge in [0.2, 0.25) is 0 Å². The highest BCUT2D eigenvalue weighted by molar-refractivity contribution is 14.1. The Hall–Kier alpha value is -1.14. The van der Waals surface area contributed by atoms with Gasteiger partial charge in [-0.2, -0.15) is 0 Å². The van der Waals surface area contributed by atoms with E-state index in [1.807, 2.05) is 36.4 Å². The lowest BCUT2D eigenvalue weighted by Crippen LogP contribution is -2.42. The number of aliphatic carboxylic acids is 1. The molecule has 3 N–H and O–H groups in total. The molecule has 0 saturated heterocycles. The summed E-state index contributed by atoms with van der Waals surface area (Å²) in [5.74, 6) is -1.02. The zero-order chi connectivity index (χ0) is 12.6. The van der Waals surface area contributed by atoms with Crippen molar-refractivity contribution in [2.45, 2.75) is 12.5 Å². The second-order valence-corrected chi connectivity index (χ2v) is 5.31. The number of nitrogens with two attached hydrogens (primary N) is 1. The van der Waals surface area contributed by atoms with Crippen molar-refractivity contribution in [2.75, 3.05) is 0 Å². The van der Waals surface area contributed by atoms with E-state index in [1.165, 1.54) is 6.92 Å². The molecule has 1 atom stereocenters. The standard InChI is InChI=1S/C13H12INO2/c1-13(15,12(16)17)11-9-5-3-2-4-8(9)6-7-10(11)14/h2-7H,15H2,1H3,(H,16,17). The van der Waals surface area contributed by atoms with Crippen molar-refractivity contribution < 1.29 is 9.90 Å². The monoisotopic (exact) mass is 341 g/mol. The van der Waals surface area contributed by atoms with Gasteiger partial charge >= 0.3 is 5.97 Å². The van der Waals surface area contributed by atoms with E-state index in [-0.39, 0.29) is 0 Å². The maximum atomic E-state index is 11.3. The molecule has 88 valence electrons. The predicted octanol–water partition coefficient (Wildman–Crippen LogP) is 2.70. The smallest absolute Gasteiger partial charge is 0.328 e. The van der Waals surface area contributed by atoms with Crippen molar-refractivity contribution in [3.8, 4) is 0 Å². The second-order valence-electron chi connectivity index (χ2n) is 4.15. The van der Waals surface area contributed by atoms with Gasteiger partial charge in [0.1, 0.15) is 5.54 Å². The molecule has 2 rings (SSSR count). The fourth-order valence-electron chi connectivity index (χ4n) is 1.88. The third-order valence-corrected chi connectivity index (χ3v) is 3.74. The summed E-state index contributed by atoms with van der Waals surface area (Å²) >= 11 is 2.12. The molecule has 0 bridgehead atoms. The van der Waals surface area contributed by atoms with Crippen molar-refractivity contribution in [3.05, 3.63) is 45.5 Å². The Bertz CT molecular complexity index is 593. The van der Waals surface area contributed by atoms with Gasteiger partial charge in [-0.05, 0) is 46.4 Å². The van der Waals surface area contributed by atoms with E-state index in [4.69, 9.17) is 5.73 Å². The Balaban J connectivity index is 2.84. The predicted molar refractivity (Wildman–Crippen MR) is 75.8 cm³/mol. The van der Waals surface area contributed by atoms with Crippen LogP contribution in [-0.4, -0.2) is 11.1 Å². The van der Waals surface area contributed by atoms with Crippen LogP contribution in [0.25, 0.3) is 10.8 Å². The molecular weight excluding hydrogens is 329 g/mol. The molecule has 0 aliphatic carbocycles. The lowest BCUT2D eigenvalue weighted by Gasteiger charge is -2.23. The fraction of sp³-hybridized carbons (Fsp3) is 0.154. The lowest BCUT2D eigenvalue weighted by atomic mass is 9.89. The van der Waals surface area contributed by atoms with E-state index in [0.717, 1.165) is 14.3 Å². The van der Waals surface area contributed by atoms with E-state index < -0.39 is 11.5 Å². The van der Waals surface area contributed by atoms with E-state index in [0.29, 0.717) is 5.56 Å². The maximum Gasteiger partial charge on any atom is 0.328 e. The minimum absolute atomic E-state index is 0.670. The number of carboxylic acids is 1. The van der Waals surface area contributed by atoms with Gasteiger partial charge < -0.3 is 10.8 Å². The summed E-state index contributed by atoms with van der Waals surface area (Å²) in [5.41, 5.74) is 5.24. The van der Waals surface area contributed by atoms with Gasteiger partial charge in [0, 0.05) is 9.13 Å². The molecule has 0 heterocycles. The number of benzene rings is 2. The average Bonchev–Trinajstić information content (AvgIpc) is 2.28. The number of rotatable bonds is 2. The topological polar surface area (TPSA) is 63.3 Å². The molecule has 0 spiro atoms. The van der Waals surface area contributed by atoms with Gasteiger partial charge in [-0.15, -0.1) is 0 Å². The molecule has 3 nitrogen and oxygen atoms in total. The molecule has 0 aliphatic rings. The molecule has 2 aromatic carbocycles. The van der Waals surface area contributed by atoms with Crippen molar-refractivity contribution >= 4 is 39.3 Å². The summed E-state index contributed by atoms with van der Waals surface area (Å²) in [6, 6.07) is 11.5. The van der Waals surface area contributed by atoms with E-state index in [9.17, 15) is 9.90 Å². The van der Waals surface area contributed by atoms with Crippen LogP contribution in [0.4, 0.5) is 0 Å². The van der Waals surface area contributed by atoms with Crippen molar-refractivity contribution in [1.82, 2.24) is 0 Å². The summed E-state index contributed by atoms with van der Waals surface area (Å²) in [5, 5.41) is 11.1. The first-order valence-corrected chi connectivity index (χ1v) is 6.22. The summed E-state index contributed by atoms with van der Waals surface area (Å²) in [7, 11) is 0. The summed E-state index contributed by atoms with van der Waals surface area (Å²) in [4.78, 5) is 11.3. The van der Waals surface area contributed by atoms with E-state index >= 15 is 0 Å². The van der Waals surface area contributed by atoms with Gasteiger partial charge in [-0.25, -0.2) is 4.79 Å². The minimum Gasteiger partial charge on any atom is -0.480 e. The molecule has 0 fully saturated rings. The van der Waals surface area contributed by atoms with Gasteiger partial charge in [0.15, 0.2) is 0 Å². The molecule has 2 aromatic rings. The first-order valence-electron chi connectivity index (χ1n) is 5.14. The Morgan fingerprint density at radius 2 is 1.94 bits per heavy atom. The Morgan fingerprint density at radius 1 is 1.29 bits per heavy atom. The van der Waals surface area contributed by atoms with Crippen molar-refractivity contribution in [2.24, 2.45) is 5.73 Å². The van der Waals surface area contributed by atoms with Crippen LogP contribution in [0.5, 0.6) is 0 Å². The fourth-order valence-corrected chi connectivity index (χ4v) is 2.91. The normalized spacial score (nSPS) is 14.5. The van der Waals surface area contributed by atoms with Crippen LogP contribution in [0.2, 0.25) is 0 Å². The quantitative estimate of drug-likeness (QED) is 0.826. The van der Waals surface area contributed by atoms with Gasteiger partial charge in [-0.3, -0.25) is 0 Å². The van der Waals surface area contributed by atoms with Crippen LogP contribution in [-0.2, 0) is 10.3 Å². The van der Waals surface area contributed by atoms with Crippen LogP contribution in [0.15, 0.2) is 36.4 Å². The SMILES string of the molecule is CC(N)(C(=O)O)c1c(I)ccc2ccccc12. The Morgan fingerprint density at radius 3 is 2.59 bits per heavy atom. The zero-order valence-electron chi connectivity index (χ0n) is 9.27. The van der Waals surface area contributed by atoms with Crippen molar-refractivity contribution in [3.63, 3.8) is 0 Å². The molecule has 17 heavy (non-hydrogen) atoms. The zero-order valence-corrected chi connectivity index (χ0v) is 11.4. The highest BCUT2D eigenvalue weighted by Gasteiger charge is 2.33. The molecule has 1 unspecified atom stereocenters. The molecule has 0 saturated carbocycles. The maximum absolute atomic E-state index is 11.3. The van der Waals surface area contributed by atoms with Crippen LogP contribution >= 0.6 is 22.6 Å². The summed E-state index contributed by atoms with van der Waals surface area (Å²) < 4.78 is 0.869. The third kappa shape index (κ3) is 2.02. The molecule has 0 amide bonds. The first-order chi connectivity index (χ1) is 7.94. The number of hydrogen-bond donors (Lipinski definition) is 2. The number of halogens is 1. The largest absolute Gasteiger partial charge is 0.480 e. The number of hydrogen-bond acceptors (Lipinski definition) is 2. The molecular formula is C13H12INO2. The van der Waals surface area contributed by atoms with Crippen molar-refractivity contribution in [1.29, 1.82) is 0 Å². The van der Waals surface area contributed by atoms with Gasteiger partial charge in [0.05, 0.1) is 0 Å². The van der Waals surface area contributed by atoms with Crippen LogP contribution in [0, 0.1) is 3.57 Å². The van der Waals surface area contributed by atoms with E-state index in [1.54, 1.807) is 0 Å².